The lowest BCUT2D eigenvalue weighted by Crippen LogP contribution is -2.56. The number of amides is 1. The van der Waals surface area contributed by atoms with Crippen molar-refractivity contribution in [1.29, 1.82) is 0 Å². The van der Waals surface area contributed by atoms with E-state index >= 15 is 0 Å². The summed E-state index contributed by atoms with van der Waals surface area (Å²) in [5.74, 6) is -0.0651. The molecule has 1 saturated heterocycles. The number of hydrogen-bond donors (Lipinski definition) is 1. The minimum absolute atomic E-state index is 0.0651. The Hall–Kier alpha value is -2.18. The Balaban J connectivity index is 1.75. The number of hydrogen-bond acceptors (Lipinski definition) is 4. The van der Waals surface area contributed by atoms with Crippen molar-refractivity contribution >= 4 is 5.91 Å². The highest BCUT2D eigenvalue weighted by Gasteiger charge is 2.38. The molecule has 1 fully saturated rings. The van der Waals surface area contributed by atoms with Crippen LogP contribution in [0.2, 0.25) is 0 Å². The number of aromatic nitrogens is 2. The van der Waals surface area contributed by atoms with Crippen LogP contribution in [-0.4, -0.2) is 57.6 Å². The molecule has 1 aliphatic heterocycles. The van der Waals surface area contributed by atoms with Crippen LogP contribution in [0, 0.1) is 6.92 Å². The molecule has 0 spiro atoms. The number of benzene rings is 1. The quantitative estimate of drug-likeness (QED) is 0.896. The van der Waals surface area contributed by atoms with Crippen molar-refractivity contribution in [3.63, 3.8) is 0 Å². The largest absolute Gasteiger partial charge is 0.393 e. The summed E-state index contributed by atoms with van der Waals surface area (Å²) < 4.78 is 7.66. The normalized spacial score (nSPS) is 20.7. The maximum atomic E-state index is 12.8. The molecular formula is C19H25N3O3. The van der Waals surface area contributed by atoms with E-state index in [-0.39, 0.29) is 12.5 Å². The lowest BCUT2D eigenvalue weighted by atomic mass is 9.92. The summed E-state index contributed by atoms with van der Waals surface area (Å²) in [6.45, 7) is 5.93. The highest BCUT2D eigenvalue weighted by atomic mass is 16.5. The molecule has 0 bridgehead atoms. The molecule has 2 aromatic rings. The highest BCUT2D eigenvalue weighted by molar-refractivity contribution is 5.93. The van der Waals surface area contributed by atoms with E-state index in [1.54, 1.807) is 22.0 Å². The zero-order chi connectivity index (χ0) is 17.9. The second-order valence-electron chi connectivity index (χ2n) is 6.66. The van der Waals surface area contributed by atoms with E-state index in [0.717, 1.165) is 12.1 Å². The maximum Gasteiger partial charge on any atom is 0.257 e. The van der Waals surface area contributed by atoms with E-state index in [1.807, 2.05) is 38.1 Å². The molecule has 1 atom stereocenters. The van der Waals surface area contributed by atoms with Crippen LogP contribution in [0.3, 0.4) is 0 Å². The summed E-state index contributed by atoms with van der Waals surface area (Å²) in [4.78, 5) is 14.5. The van der Waals surface area contributed by atoms with Crippen LogP contribution in [0.5, 0.6) is 0 Å². The van der Waals surface area contributed by atoms with Gasteiger partial charge in [0.1, 0.15) is 5.60 Å². The number of carbonyl (C=O) groups excluding carboxylic acids is 1. The first-order valence-electron chi connectivity index (χ1n) is 8.67. The fourth-order valence-electron chi connectivity index (χ4n) is 3.18. The van der Waals surface area contributed by atoms with Crippen molar-refractivity contribution in [1.82, 2.24) is 14.7 Å². The summed E-state index contributed by atoms with van der Waals surface area (Å²) in [5, 5.41) is 14.2. The third kappa shape index (κ3) is 3.91. The number of rotatable bonds is 5. The average molecular weight is 343 g/mol. The molecule has 2 heterocycles. The second kappa shape index (κ2) is 7.37. The molecule has 3 rings (SSSR count). The molecule has 134 valence electrons. The number of nitrogens with zero attached hydrogens (tertiary/aromatic N) is 3. The van der Waals surface area contributed by atoms with Gasteiger partial charge in [0.15, 0.2) is 0 Å². The minimum atomic E-state index is -0.760. The van der Waals surface area contributed by atoms with Gasteiger partial charge in [-0.05, 0) is 19.4 Å². The van der Waals surface area contributed by atoms with Gasteiger partial charge >= 0.3 is 0 Å². The van der Waals surface area contributed by atoms with Crippen molar-refractivity contribution in [3.8, 4) is 0 Å². The van der Waals surface area contributed by atoms with Gasteiger partial charge in [-0.2, -0.15) is 5.10 Å². The van der Waals surface area contributed by atoms with Crippen LogP contribution in [0.15, 0.2) is 36.7 Å². The number of aliphatic hydroxyl groups excluding tert-OH is 1. The zero-order valence-electron chi connectivity index (χ0n) is 14.8. The third-order valence-corrected chi connectivity index (χ3v) is 4.67. The van der Waals surface area contributed by atoms with Gasteiger partial charge in [0.2, 0.25) is 0 Å². The Kier molecular flexibility index (Phi) is 5.20. The van der Waals surface area contributed by atoms with Crippen LogP contribution in [-0.2, 0) is 17.7 Å². The molecule has 25 heavy (non-hydrogen) atoms. The summed E-state index contributed by atoms with van der Waals surface area (Å²) in [7, 11) is 0. The summed E-state index contributed by atoms with van der Waals surface area (Å²) in [5.41, 5.74) is 2.10. The topological polar surface area (TPSA) is 67.6 Å². The van der Waals surface area contributed by atoms with Gasteiger partial charge in [0, 0.05) is 25.7 Å². The van der Waals surface area contributed by atoms with Gasteiger partial charge in [0.05, 0.1) is 31.5 Å². The molecule has 1 aromatic carbocycles. The number of ether oxygens (including phenoxy) is 1. The molecule has 0 unspecified atom stereocenters. The van der Waals surface area contributed by atoms with E-state index < -0.39 is 5.60 Å². The zero-order valence-corrected chi connectivity index (χ0v) is 14.8. The Morgan fingerprint density at radius 2 is 2.12 bits per heavy atom. The van der Waals surface area contributed by atoms with Crippen LogP contribution in [0.25, 0.3) is 0 Å². The molecular weight excluding hydrogens is 318 g/mol. The number of aryl methyl sites for hydroxylation is 2. The lowest BCUT2D eigenvalue weighted by molar-refractivity contribution is -0.123. The predicted molar refractivity (Wildman–Crippen MR) is 94.5 cm³/mol. The highest BCUT2D eigenvalue weighted by Crippen LogP contribution is 2.24. The van der Waals surface area contributed by atoms with Crippen molar-refractivity contribution in [3.05, 3.63) is 53.3 Å². The minimum Gasteiger partial charge on any atom is -0.393 e. The van der Waals surface area contributed by atoms with Gasteiger partial charge in [-0.1, -0.05) is 29.8 Å². The van der Waals surface area contributed by atoms with E-state index in [9.17, 15) is 9.90 Å². The Morgan fingerprint density at radius 3 is 2.76 bits per heavy atom. The van der Waals surface area contributed by atoms with Gasteiger partial charge < -0.3 is 14.7 Å². The van der Waals surface area contributed by atoms with Crippen molar-refractivity contribution in [2.45, 2.75) is 32.4 Å². The van der Waals surface area contributed by atoms with Crippen molar-refractivity contribution in [2.24, 2.45) is 0 Å². The average Bonchev–Trinajstić information content (AvgIpc) is 3.12. The third-order valence-electron chi connectivity index (χ3n) is 4.67. The van der Waals surface area contributed by atoms with Crippen molar-refractivity contribution in [2.75, 3.05) is 26.3 Å². The van der Waals surface area contributed by atoms with E-state index in [4.69, 9.17) is 4.74 Å². The molecule has 1 N–H and O–H groups in total. The molecule has 6 nitrogen and oxygen atoms in total. The maximum absolute atomic E-state index is 12.8. The predicted octanol–water partition coefficient (Wildman–Crippen LogP) is 1.66. The van der Waals surface area contributed by atoms with Gasteiger partial charge in [-0.3, -0.25) is 9.48 Å². The standard InChI is InChI=1S/C19H25N3O3/c1-3-22-12-17(11-20-22)18(24)21-8-9-25-19(13-21,14-23)10-16-6-4-15(2)5-7-16/h4-7,11-12,23H,3,8-10,13-14H2,1-2H3/t19-/m0/s1. The van der Waals surface area contributed by atoms with Crippen LogP contribution in [0.4, 0.5) is 0 Å². The van der Waals surface area contributed by atoms with E-state index in [2.05, 4.69) is 5.10 Å². The van der Waals surface area contributed by atoms with Gasteiger partial charge in [-0.15, -0.1) is 0 Å². The van der Waals surface area contributed by atoms with Crippen LogP contribution >= 0.6 is 0 Å². The van der Waals surface area contributed by atoms with Gasteiger partial charge in [-0.25, -0.2) is 0 Å². The van der Waals surface area contributed by atoms with Crippen molar-refractivity contribution < 1.29 is 14.6 Å². The molecule has 1 aromatic heterocycles. The van der Waals surface area contributed by atoms with E-state index in [0.29, 0.717) is 31.7 Å². The van der Waals surface area contributed by atoms with Gasteiger partial charge in [0.25, 0.3) is 5.91 Å². The summed E-state index contributed by atoms with van der Waals surface area (Å²) in [6, 6.07) is 8.18. The fraction of sp³-hybridized carbons (Fsp3) is 0.474. The first-order chi connectivity index (χ1) is 12.0. The molecule has 1 aliphatic rings. The van der Waals surface area contributed by atoms with E-state index in [1.165, 1.54) is 5.56 Å². The number of carbonyl (C=O) groups is 1. The SMILES string of the molecule is CCn1cc(C(=O)N2CCO[C@@](CO)(Cc3ccc(C)cc3)C2)cn1. The molecule has 0 saturated carbocycles. The smallest absolute Gasteiger partial charge is 0.257 e. The Bertz CT molecular complexity index is 726. The first kappa shape index (κ1) is 17.6. The Labute approximate surface area is 148 Å². The number of morpholine rings is 1. The number of aliphatic hydroxyl groups is 1. The molecule has 0 radical (unpaired) electrons. The van der Waals surface area contributed by atoms with Crippen LogP contribution in [0.1, 0.15) is 28.4 Å². The summed E-state index contributed by atoms with van der Waals surface area (Å²) >= 11 is 0. The molecule has 0 aliphatic carbocycles. The monoisotopic (exact) mass is 343 g/mol. The first-order valence-corrected chi connectivity index (χ1v) is 8.67. The lowest BCUT2D eigenvalue weighted by Gasteiger charge is -2.41. The summed E-state index contributed by atoms with van der Waals surface area (Å²) in [6.07, 6.45) is 3.93. The molecule has 6 heteroatoms. The Morgan fingerprint density at radius 1 is 1.36 bits per heavy atom. The molecule has 1 amide bonds. The van der Waals surface area contributed by atoms with Crippen LogP contribution < -0.4 is 0 Å². The second-order valence-corrected chi connectivity index (χ2v) is 6.66. The fourth-order valence-corrected chi connectivity index (χ4v) is 3.18.